The molecule has 3 rings (SSSR count). The standard InChI is InChI=1S/C16H10BrNO5/c1-22-13-7-6-9(17)8-12(13)16(21)23-18-14(19)10-4-2-3-5-11(10)15(18)20/h2-8H,1H3. The van der Waals surface area contributed by atoms with Crippen LogP contribution in [0.25, 0.3) is 0 Å². The van der Waals surface area contributed by atoms with Crippen LogP contribution < -0.4 is 4.74 Å². The van der Waals surface area contributed by atoms with Gasteiger partial charge in [0.05, 0.1) is 18.2 Å². The molecule has 0 aromatic heterocycles. The number of hydrogen-bond acceptors (Lipinski definition) is 5. The van der Waals surface area contributed by atoms with Crippen LogP contribution in [-0.2, 0) is 4.84 Å². The lowest BCUT2D eigenvalue weighted by atomic mass is 10.1. The Balaban J connectivity index is 1.89. The van der Waals surface area contributed by atoms with Gasteiger partial charge in [-0.05, 0) is 30.3 Å². The van der Waals surface area contributed by atoms with E-state index in [1.807, 2.05) is 0 Å². The number of halogens is 1. The zero-order chi connectivity index (χ0) is 16.6. The molecule has 0 atom stereocenters. The minimum absolute atomic E-state index is 0.0958. The highest BCUT2D eigenvalue weighted by Gasteiger charge is 2.39. The number of hydroxylamine groups is 2. The van der Waals surface area contributed by atoms with Crippen LogP contribution in [-0.4, -0.2) is 30.0 Å². The molecule has 0 fully saturated rings. The number of amides is 2. The van der Waals surface area contributed by atoms with Crippen molar-refractivity contribution < 1.29 is 24.0 Å². The van der Waals surface area contributed by atoms with Crippen molar-refractivity contribution >= 4 is 33.7 Å². The second-order valence-corrected chi connectivity index (χ2v) is 5.59. The maximum absolute atomic E-state index is 12.3. The third-order valence-electron chi connectivity index (χ3n) is 3.31. The quantitative estimate of drug-likeness (QED) is 0.771. The lowest BCUT2D eigenvalue weighted by Crippen LogP contribution is -2.32. The summed E-state index contributed by atoms with van der Waals surface area (Å²) in [5.41, 5.74) is 0.497. The highest BCUT2D eigenvalue weighted by Crippen LogP contribution is 2.27. The molecule has 7 heteroatoms. The summed E-state index contributed by atoms with van der Waals surface area (Å²) < 4.78 is 5.72. The molecule has 0 N–H and O–H groups in total. The summed E-state index contributed by atoms with van der Waals surface area (Å²) in [6.45, 7) is 0. The van der Waals surface area contributed by atoms with Gasteiger partial charge in [0.15, 0.2) is 0 Å². The molecule has 0 unspecified atom stereocenters. The van der Waals surface area contributed by atoms with Gasteiger partial charge in [-0.25, -0.2) is 4.79 Å². The first-order valence-electron chi connectivity index (χ1n) is 6.56. The smallest absolute Gasteiger partial charge is 0.367 e. The van der Waals surface area contributed by atoms with E-state index in [0.717, 1.165) is 0 Å². The Kier molecular flexibility index (Phi) is 3.87. The molecule has 2 amide bonds. The fourth-order valence-electron chi connectivity index (χ4n) is 2.22. The van der Waals surface area contributed by atoms with Crippen molar-refractivity contribution in [1.29, 1.82) is 0 Å². The molecule has 23 heavy (non-hydrogen) atoms. The Hall–Kier alpha value is -2.67. The predicted molar refractivity (Wildman–Crippen MR) is 83.1 cm³/mol. The number of fused-ring (bicyclic) bond motifs is 1. The number of rotatable bonds is 3. The molecule has 0 saturated carbocycles. The van der Waals surface area contributed by atoms with Gasteiger partial charge in [-0.2, -0.15) is 0 Å². The van der Waals surface area contributed by atoms with Gasteiger partial charge in [0.2, 0.25) is 0 Å². The van der Waals surface area contributed by atoms with E-state index in [2.05, 4.69) is 15.9 Å². The molecule has 0 aliphatic carbocycles. The normalized spacial score (nSPS) is 13.0. The molecule has 0 spiro atoms. The van der Waals surface area contributed by atoms with E-state index in [0.29, 0.717) is 9.54 Å². The van der Waals surface area contributed by atoms with E-state index in [4.69, 9.17) is 9.57 Å². The molecule has 1 aliphatic rings. The summed E-state index contributed by atoms with van der Waals surface area (Å²) in [5.74, 6) is -1.94. The molecule has 0 saturated heterocycles. The van der Waals surface area contributed by atoms with E-state index >= 15 is 0 Å². The van der Waals surface area contributed by atoms with Gasteiger partial charge in [-0.15, -0.1) is 0 Å². The van der Waals surface area contributed by atoms with E-state index < -0.39 is 17.8 Å². The molecule has 6 nitrogen and oxygen atoms in total. The third-order valence-corrected chi connectivity index (χ3v) is 3.81. The first-order valence-corrected chi connectivity index (χ1v) is 7.36. The predicted octanol–water partition coefficient (Wildman–Crippen LogP) is 2.83. The fraction of sp³-hybridized carbons (Fsp3) is 0.0625. The Labute approximate surface area is 139 Å². The number of carbonyl (C=O) groups excluding carboxylic acids is 3. The summed E-state index contributed by atoms with van der Waals surface area (Å²) in [5, 5.41) is 0.466. The first kappa shape index (κ1) is 15.2. The Bertz CT molecular complexity index is 798. The average molecular weight is 376 g/mol. The van der Waals surface area contributed by atoms with Crippen molar-refractivity contribution in [3.8, 4) is 5.75 Å². The van der Waals surface area contributed by atoms with Gasteiger partial charge in [-0.3, -0.25) is 9.59 Å². The number of hydrogen-bond donors (Lipinski definition) is 0. The molecule has 0 bridgehead atoms. The molecule has 1 heterocycles. The van der Waals surface area contributed by atoms with Crippen molar-refractivity contribution in [2.24, 2.45) is 0 Å². The number of ether oxygens (including phenoxy) is 1. The highest BCUT2D eigenvalue weighted by atomic mass is 79.9. The highest BCUT2D eigenvalue weighted by molar-refractivity contribution is 9.10. The SMILES string of the molecule is COc1ccc(Br)cc1C(=O)ON1C(=O)c2ccccc2C1=O. The molecule has 116 valence electrons. The van der Waals surface area contributed by atoms with Gasteiger partial charge >= 0.3 is 5.97 Å². The Morgan fingerprint density at radius 2 is 1.65 bits per heavy atom. The van der Waals surface area contributed by atoms with Crippen LogP contribution in [0.2, 0.25) is 0 Å². The van der Waals surface area contributed by atoms with Crippen LogP contribution in [0.15, 0.2) is 46.9 Å². The summed E-state index contributed by atoms with van der Waals surface area (Å²) in [4.78, 5) is 41.7. The van der Waals surface area contributed by atoms with Gasteiger partial charge in [-0.1, -0.05) is 33.1 Å². The zero-order valence-electron chi connectivity index (χ0n) is 11.9. The maximum atomic E-state index is 12.3. The second kappa shape index (κ2) is 5.85. The molecular formula is C16H10BrNO5. The maximum Gasteiger partial charge on any atom is 0.367 e. The lowest BCUT2D eigenvalue weighted by molar-refractivity contribution is -0.0586. The summed E-state index contributed by atoms with van der Waals surface area (Å²) in [6, 6.07) is 11.0. The van der Waals surface area contributed by atoms with Gasteiger partial charge in [0.25, 0.3) is 11.8 Å². The third kappa shape index (κ3) is 2.59. The Morgan fingerprint density at radius 3 is 2.22 bits per heavy atom. The zero-order valence-corrected chi connectivity index (χ0v) is 13.5. The first-order chi connectivity index (χ1) is 11.0. The van der Waals surface area contributed by atoms with E-state index in [1.165, 1.54) is 25.3 Å². The number of methoxy groups -OCH3 is 1. The summed E-state index contributed by atoms with van der Waals surface area (Å²) >= 11 is 3.24. The van der Waals surface area contributed by atoms with Crippen molar-refractivity contribution in [3.05, 3.63) is 63.6 Å². The fourth-order valence-corrected chi connectivity index (χ4v) is 2.58. The number of carbonyl (C=O) groups is 3. The topological polar surface area (TPSA) is 72.9 Å². The molecule has 2 aromatic rings. The summed E-state index contributed by atoms with van der Waals surface area (Å²) in [6.07, 6.45) is 0. The van der Waals surface area contributed by atoms with E-state index in [-0.39, 0.29) is 22.4 Å². The van der Waals surface area contributed by atoms with Gasteiger partial charge in [0.1, 0.15) is 11.3 Å². The van der Waals surface area contributed by atoms with Crippen molar-refractivity contribution in [2.45, 2.75) is 0 Å². The number of nitrogens with zero attached hydrogens (tertiary/aromatic N) is 1. The van der Waals surface area contributed by atoms with Crippen LogP contribution in [0.3, 0.4) is 0 Å². The van der Waals surface area contributed by atoms with Crippen LogP contribution in [0.1, 0.15) is 31.1 Å². The van der Waals surface area contributed by atoms with Gasteiger partial charge < -0.3 is 9.57 Å². The average Bonchev–Trinajstić information content (AvgIpc) is 2.80. The minimum Gasteiger partial charge on any atom is -0.496 e. The van der Waals surface area contributed by atoms with Crippen LogP contribution in [0.4, 0.5) is 0 Å². The van der Waals surface area contributed by atoms with Crippen molar-refractivity contribution in [3.63, 3.8) is 0 Å². The van der Waals surface area contributed by atoms with Crippen molar-refractivity contribution in [2.75, 3.05) is 7.11 Å². The number of benzene rings is 2. The van der Waals surface area contributed by atoms with E-state index in [1.54, 1.807) is 24.3 Å². The number of imide groups is 1. The van der Waals surface area contributed by atoms with Crippen LogP contribution in [0, 0.1) is 0 Å². The van der Waals surface area contributed by atoms with E-state index in [9.17, 15) is 14.4 Å². The molecular weight excluding hydrogens is 366 g/mol. The lowest BCUT2D eigenvalue weighted by Gasteiger charge is -2.14. The Morgan fingerprint density at radius 1 is 1.04 bits per heavy atom. The molecule has 1 aliphatic heterocycles. The molecule has 0 radical (unpaired) electrons. The van der Waals surface area contributed by atoms with Gasteiger partial charge in [0, 0.05) is 4.47 Å². The largest absolute Gasteiger partial charge is 0.496 e. The van der Waals surface area contributed by atoms with Crippen LogP contribution in [0.5, 0.6) is 5.75 Å². The minimum atomic E-state index is -0.863. The van der Waals surface area contributed by atoms with Crippen molar-refractivity contribution in [1.82, 2.24) is 5.06 Å². The summed E-state index contributed by atoms with van der Waals surface area (Å²) in [7, 11) is 1.40. The monoisotopic (exact) mass is 375 g/mol. The second-order valence-electron chi connectivity index (χ2n) is 4.67. The molecule has 2 aromatic carbocycles. The van der Waals surface area contributed by atoms with Crippen LogP contribution >= 0.6 is 15.9 Å².